The lowest BCUT2D eigenvalue weighted by atomic mass is 10.1. The van der Waals surface area contributed by atoms with Gasteiger partial charge >= 0.3 is 6.18 Å². The maximum absolute atomic E-state index is 12.3. The highest BCUT2D eigenvalue weighted by Crippen LogP contribution is 2.34. The van der Waals surface area contributed by atoms with Crippen LogP contribution in [-0.4, -0.2) is 5.16 Å². The lowest BCUT2D eigenvalue weighted by molar-refractivity contribution is -0.155. The molecule has 2 N–H and O–H groups in total. The highest BCUT2D eigenvalue weighted by atomic mass is 35.5. The number of nitrogens with zero attached hydrogens (tertiary/aromatic N) is 1. The van der Waals surface area contributed by atoms with Crippen LogP contribution >= 0.6 is 11.6 Å². The minimum absolute atomic E-state index is 0.0160. The zero-order valence-corrected chi connectivity index (χ0v) is 9.01. The van der Waals surface area contributed by atoms with Crippen LogP contribution in [0.25, 0.3) is 11.3 Å². The van der Waals surface area contributed by atoms with Gasteiger partial charge in [-0.2, -0.15) is 13.2 Å². The van der Waals surface area contributed by atoms with Crippen LogP contribution in [0.3, 0.4) is 0 Å². The molecule has 3 nitrogen and oxygen atoms in total. The van der Waals surface area contributed by atoms with Crippen LogP contribution in [0.15, 0.2) is 28.8 Å². The van der Waals surface area contributed by atoms with Crippen LogP contribution < -0.4 is 5.73 Å². The second-order valence-electron chi connectivity index (χ2n) is 3.31. The van der Waals surface area contributed by atoms with Crippen LogP contribution in [0.2, 0.25) is 5.02 Å². The van der Waals surface area contributed by atoms with Gasteiger partial charge in [0.05, 0.1) is 5.02 Å². The van der Waals surface area contributed by atoms with Crippen LogP contribution in [0.1, 0.15) is 5.76 Å². The van der Waals surface area contributed by atoms with Gasteiger partial charge in [0.15, 0.2) is 0 Å². The third-order valence-electron chi connectivity index (χ3n) is 2.06. The van der Waals surface area contributed by atoms with E-state index in [0.717, 1.165) is 6.07 Å². The van der Waals surface area contributed by atoms with E-state index in [1.165, 1.54) is 18.2 Å². The topological polar surface area (TPSA) is 52.0 Å². The van der Waals surface area contributed by atoms with E-state index < -0.39 is 11.9 Å². The lowest BCUT2D eigenvalue weighted by Gasteiger charge is -2.00. The first-order chi connectivity index (χ1) is 7.88. The molecule has 0 spiro atoms. The molecule has 0 atom stereocenters. The molecule has 0 aliphatic carbocycles. The summed E-state index contributed by atoms with van der Waals surface area (Å²) in [5, 5.41) is 3.54. The smallest absolute Gasteiger partial charge is 0.399 e. The van der Waals surface area contributed by atoms with Crippen molar-refractivity contribution in [1.82, 2.24) is 5.16 Å². The number of aromatic nitrogens is 1. The number of benzene rings is 1. The number of nitrogen functional groups attached to an aromatic ring is 1. The fourth-order valence-corrected chi connectivity index (χ4v) is 1.56. The fourth-order valence-electron chi connectivity index (χ4n) is 1.27. The quantitative estimate of drug-likeness (QED) is 0.799. The van der Waals surface area contributed by atoms with Crippen molar-refractivity contribution in [2.24, 2.45) is 0 Å². The molecule has 0 fully saturated rings. The van der Waals surface area contributed by atoms with Gasteiger partial charge in [0.25, 0.3) is 0 Å². The summed E-state index contributed by atoms with van der Waals surface area (Å²) in [4.78, 5) is 0. The Hall–Kier alpha value is -1.69. The zero-order valence-electron chi connectivity index (χ0n) is 8.25. The Morgan fingerprint density at radius 3 is 2.47 bits per heavy atom. The number of alkyl halides is 3. The monoisotopic (exact) mass is 262 g/mol. The second-order valence-corrected chi connectivity index (χ2v) is 3.72. The number of rotatable bonds is 1. The summed E-state index contributed by atoms with van der Waals surface area (Å²) in [5.74, 6) is -1.17. The Bertz CT molecular complexity index is 551. The van der Waals surface area contributed by atoms with Crippen molar-refractivity contribution in [1.29, 1.82) is 0 Å². The van der Waals surface area contributed by atoms with Crippen molar-refractivity contribution in [2.75, 3.05) is 5.73 Å². The first-order valence-electron chi connectivity index (χ1n) is 4.47. The van der Waals surface area contributed by atoms with Crippen molar-refractivity contribution in [2.45, 2.75) is 6.18 Å². The molecule has 7 heteroatoms. The SMILES string of the molecule is Nc1ccc(-c2cc(C(F)(F)F)on2)c(Cl)c1. The van der Waals surface area contributed by atoms with Gasteiger partial charge in [0, 0.05) is 17.3 Å². The van der Waals surface area contributed by atoms with E-state index in [0.29, 0.717) is 11.3 Å². The number of nitrogens with two attached hydrogens (primary N) is 1. The predicted octanol–water partition coefficient (Wildman–Crippen LogP) is 3.60. The van der Waals surface area contributed by atoms with Crippen molar-refractivity contribution in [3.05, 3.63) is 35.0 Å². The zero-order chi connectivity index (χ0) is 12.6. The van der Waals surface area contributed by atoms with Gasteiger partial charge in [-0.25, -0.2) is 0 Å². The summed E-state index contributed by atoms with van der Waals surface area (Å²) < 4.78 is 41.1. The molecule has 17 heavy (non-hydrogen) atoms. The molecule has 1 aromatic carbocycles. The molecule has 0 aliphatic heterocycles. The molecule has 2 aromatic rings. The first kappa shape index (κ1) is 11.8. The van der Waals surface area contributed by atoms with Gasteiger partial charge in [-0.15, -0.1) is 0 Å². The number of hydrogen-bond donors (Lipinski definition) is 1. The average molecular weight is 263 g/mol. The van der Waals surface area contributed by atoms with Gasteiger partial charge in [0.1, 0.15) is 5.69 Å². The summed E-state index contributed by atoms with van der Waals surface area (Å²) >= 11 is 5.84. The molecule has 0 bridgehead atoms. The summed E-state index contributed by atoms with van der Waals surface area (Å²) in [6.07, 6.45) is -4.56. The van der Waals surface area contributed by atoms with Gasteiger partial charge in [-0.05, 0) is 18.2 Å². The molecule has 0 saturated carbocycles. The minimum Gasteiger partial charge on any atom is -0.399 e. The fraction of sp³-hybridized carbons (Fsp3) is 0.100. The van der Waals surface area contributed by atoms with Crippen molar-refractivity contribution in [3.63, 3.8) is 0 Å². The van der Waals surface area contributed by atoms with E-state index in [1.54, 1.807) is 0 Å². The highest BCUT2D eigenvalue weighted by molar-refractivity contribution is 6.33. The number of hydrogen-bond acceptors (Lipinski definition) is 3. The van der Waals surface area contributed by atoms with Crippen LogP contribution in [0, 0.1) is 0 Å². The van der Waals surface area contributed by atoms with Gasteiger partial charge in [0.2, 0.25) is 5.76 Å². The molecular formula is C10H6ClF3N2O. The summed E-state index contributed by atoms with van der Waals surface area (Å²) in [6.45, 7) is 0. The maximum Gasteiger partial charge on any atom is 0.452 e. The van der Waals surface area contributed by atoms with E-state index in [4.69, 9.17) is 17.3 Å². The van der Waals surface area contributed by atoms with Gasteiger partial charge < -0.3 is 10.3 Å². The second kappa shape index (κ2) is 3.96. The summed E-state index contributed by atoms with van der Waals surface area (Å²) in [5.41, 5.74) is 6.24. The maximum atomic E-state index is 12.3. The molecule has 0 radical (unpaired) electrons. The minimum atomic E-state index is -4.56. The molecule has 1 aromatic heterocycles. The summed E-state index contributed by atoms with van der Waals surface area (Å²) in [6, 6.07) is 5.22. The Labute approximate surface area is 99.0 Å². The molecule has 2 rings (SSSR count). The average Bonchev–Trinajstić information content (AvgIpc) is 2.65. The van der Waals surface area contributed by atoms with Gasteiger partial charge in [-0.3, -0.25) is 0 Å². The van der Waals surface area contributed by atoms with Crippen LogP contribution in [0.5, 0.6) is 0 Å². The number of anilines is 1. The van der Waals surface area contributed by atoms with Crippen LogP contribution in [0.4, 0.5) is 18.9 Å². The Kier molecular flexibility index (Phi) is 2.74. The third-order valence-corrected chi connectivity index (χ3v) is 2.37. The van der Waals surface area contributed by atoms with Crippen molar-refractivity contribution in [3.8, 4) is 11.3 Å². The van der Waals surface area contributed by atoms with E-state index in [2.05, 4.69) is 9.68 Å². The molecule has 90 valence electrons. The van der Waals surface area contributed by atoms with Crippen LogP contribution in [-0.2, 0) is 6.18 Å². The third kappa shape index (κ3) is 2.36. The van der Waals surface area contributed by atoms with E-state index >= 15 is 0 Å². The summed E-state index contributed by atoms with van der Waals surface area (Å²) in [7, 11) is 0. The highest BCUT2D eigenvalue weighted by Gasteiger charge is 2.36. The standard InChI is InChI=1S/C10H6ClF3N2O/c11-7-3-5(15)1-2-6(7)8-4-9(17-16-8)10(12,13)14/h1-4H,15H2. The molecular weight excluding hydrogens is 257 g/mol. The van der Waals surface area contributed by atoms with Crippen molar-refractivity contribution < 1.29 is 17.7 Å². The Morgan fingerprint density at radius 2 is 1.94 bits per heavy atom. The van der Waals surface area contributed by atoms with E-state index in [1.807, 2.05) is 0 Å². The van der Waals surface area contributed by atoms with E-state index in [9.17, 15) is 13.2 Å². The predicted molar refractivity (Wildman–Crippen MR) is 56.4 cm³/mol. The normalized spacial score (nSPS) is 11.8. The largest absolute Gasteiger partial charge is 0.452 e. The molecule has 1 heterocycles. The number of halogens is 4. The Balaban J connectivity index is 2.44. The lowest BCUT2D eigenvalue weighted by Crippen LogP contribution is -2.02. The molecule has 0 amide bonds. The van der Waals surface area contributed by atoms with E-state index in [-0.39, 0.29) is 10.7 Å². The molecule has 0 aliphatic rings. The van der Waals surface area contributed by atoms with Crippen molar-refractivity contribution >= 4 is 17.3 Å². The first-order valence-corrected chi connectivity index (χ1v) is 4.85. The molecule has 0 unspecified atom stereocenters. The van der Waals surface area contributed by atoms with Gasteiger partial charge in [-0.1, -0.05) is 16.8 Å². The molecule has 0 saturated heterocycles. The Morgan fingerprint density at radius 1 is 1.24 bits per heavy atom.